The summed E-state index contributed by atoms with van der Waals surface area (Å²) in [4.78, 5) is 12.1. The zero-order valence-corrected chi connectivity index (χ0v) is 9.51. The number of hydrogen-bond acceptors (Lipinski definition) is 3. The molecule has 2 N–H and O–H groups in total. The summed E-state index contributed by atoms with van der Waals surface area (Å²) in [7, 11) is 0. The van der Waals surface area contributed by atoms with Crippen LogP contribution in [-0.2, 0) is 6.54 Å². The van der Waals surface area contributed by atoms with E-state index in [9.17, 15) is 4.79 Å². The van der Waals surface area contributed by atoms with Gasteiger partial charge in [0.2, 0.25) is 0 Å². The minimum atomic E-state index is -0.847. The van der Waals surface area contributed by atoms with Crippen LogP contribution in [0.25, 0.3) is 0 Å². The number of carbonyl (C=O) groups is 1. The van der Waals surface area contributed by atoms with Gasteiger partial charge in [0, 0.05) is 11.4 Å². The van der Waals surface area contributed by atoms with Crippen LogP contribution in [-0.4, -0.2) is 17.6 Å². The fourth-order valence-corrected chi connectivity index (χ4v) is 1.97. The van der Waals surface area contributed by atoms with Crippen LogP contribution in [0.3, 0.4) is 0 Å². The first-order chi connectivity index (χ1) is 7.24. The first kappa shape index (κ1) is 11.9. The first-order valence-electron chi connectivity index (χ1n) is 4.88. The number of nitrogens with one attached hydrogen (secondary N) is 1. The van der Waals surface area contributed by atoms with Gasteiger partial charge in [0.25, 0.3) is 0 Å². The van der Waals surface area contributed by atoms with Gasteiger partial charge in [0.1, 0.15) is 4.88 Å². The lowest BCUT2D eigenvalue weighted by Gasteiger charge is -1.99. The van der Waals surface area contributed by atoms with E-state index in [-0.39, 0.29) is 0 Å². The fourth-order valence-electron chi connectivity index (χ4n) is 1.15. The smallest absolute Gasteiger partial charge is 0.345 e. The second-order valence-electron chi connectivity index (χ2n) is 3.11. The molecule has 15 heavy (non-hydrogen) atoms. The first-order valence-corrected chi connectivity index (χ1v) is 5.69. The summed E-state index contributed by atoms with van der Waals surface area (Å²) in [5, 5.41) is 12.0. The van der Waals surface area contributed by atoms with Crippen molar-refractivity contribution in [3.63, 3.8) is 0 Å². The highest BCUT2D eigenvalue weighted by atomic mass is 32.1. The van der Waals surface area contributed by atoms with Crippen LogP contribution < -0.4 is 5.32 Å². The molecule has 0 radical (unpaired) electrons. The van der Waals surface area contributed by atoms with Crippen LogP contribution in [0.1, 0.15) is 27.9 Å². The van der Waals surface area contributed by atoms with E-state index < -0.39 is 5.97 Å². The zero-order chi connectivity index (χ0) is 11.1. The number of hydrogen-bond donors (Lipinski definition) is 2. The molecule has 0 aromatic carbocycles. The van der Waals surface area contributed by atoms with Crippen molar-refractivity contribution in [3.8, 4) is 0 Å². The molecule has 0 aliphatic carbocycles. The van der Waals surface area contributed by atoms with E-state index in [4.69, 9.17) is 5.11 Å². The third-order valence-electron chi connectivity index (χ3n) is 1.90. The molecule has 0 aliphatic heterocycles. The second-order valence-corrected chi connectivity index (χ2v) is 4.27. The number of allylic oxidation sites excluding steroid dienone is 1. The molecule has 0 spiro atoms. The zero-order valence-electron chi connectivity index (χ0n) is 8.69. The molecule has 0 bridgehead atoms. The van der Waals surface area contributed by atoms with Crippen molar-refractivity contribution in [2.45, 2.75) is 19.9 Å². The van der Waals surface area contributed by atoms with Crippen LogP contribution in [0.5, 0.6) is 0 Å². The molecule has 1 aromatic heterocycles. The molecule has 0 saturated heterocycles. The van der Waals surface area contributed by atoms with Gasteiger partial charge in [-0.15, -0.1) is 11.3 Å². The van der Waals surface area contributed by atoms with Crippen molar-refractivity contribution in [2.75, 3.05) is 6.54 Å². The Bertz CT molecular complexity index is 344. The van der Waals surface area contributed by atoms with Crippen LogP contribution in [0.4, 0.5) is 0 Å². The second kappa shape index (κ2) is 6.37. The molecule has 0 atom stereocenters. The molecule has 0 amide bonds. The van der Waals surface area contributed by atoms with E-state index in [0.717, 1.165) is 24.4 Å². The third kappa shape index (κ3) is 4.27. The lowest BCUT2D eigenvalue weighted by molar-refractivity contribution is 0.0702. The Kier molecular flexibility index (Phi) is 5.07. The Morgan fingerprint density at radius 3 is 3.00 bits per heavy atom. The fraction of sp³-hybridized carbons (Fsp3) is 0.364. The Morgan fingerprint density at radius 2 is 2.40 bits per heavy atom. The third-order valence-corrected chi connectivity index (χ3v) is 2.97. The molecule has 0 unspecified atom stereocenters. The van der Waals surface area contributed by atoms with Gasteiger partial charge >= 0.3 is 5.97 Å². The maximum absolute atomic E-state index is 10.6. The highest BCUT2D eigenvalue weighted by molar-refractivity contribution is 7.13. The van der Waals surface area contributed by atoms with Crippen LogP contribution in [0, 0.1) is 0 Å². The van der Waals surface area contributed by atoms with E-state index in [0.29, 0.717) is 4.88 Å². The van der Waals surface area contributed by atoms with Crippen molar-refractivity contribution in [1.82, 2.24) is 5.32 Å². The van der Waals surface area contributed by atoms with Crippen molar-refractivity contribution < 1.29 is 9.90 Å². The molecule has 4 heteroatoms. The Balaban J connectivity index is 2.28. The van der Waals surface area contributed by atoms with Crippen LogP contribution >= 0.6 is 11.3 Å². The normalized spacial score (nSPS) is 11.0. The maximum Gasteiger partial charge on any atom is 0.345 e. The van der Waals surface area contributed by atoms with Crippen molar-refractivity contribution in [3.05, 3.63) is 34.0 Å². The molecule has 0 saturated carbocycles. The van der Waals surface area contributed by atoms with E-state index in [2.05, 4.69) is 11.4 Å². The van der Waals surface area contributed by atoms with Gasteiger partial charge in [-0.2, -0.15) is 0 Å². The minimum absolute atomic E-state index is 0.403. The number of carboxylic acids is 1. The standard InChI is InChI=1S/C11H15NO2S/c1-2-3-4-7-12-8-9-5-6-10(15-9)11(13)14/h2-3,5-6,12H,4,7-8H2,1H3,(H,13,14)/b3-2+. The monoisotopic (exact) mass is 225 g/mol. The molecule has 0 aliphatic rings. The molecular weight excluding hydrogens is 210 g/mol. The van der Waals surface area contributed by atoms with Crippen LogP contribution in [0.15, 0.2) is 24.3 Å². The number of thiophene rings is 1. The Labute approximate surface area is 93.4 Å². The van der Waals surface area contributed by atoms with E-state index in [1.165, 1.54) is 11.3 Å². The number of rotatable bonds is 6. The molecule has 1 rings (SSSR count). The summed E-state index contributed by atoms with van der Waals surface area (Å²) in [6.45, 7) is 3.67. The van der Waals surface area contributed by atoms with Crippen molar-refractivity contribution >= 4 is 17.3 Å². The SMILES string of the molecule is C/C=C/CCNCc1ccc(C(=O)O)s1. The topological polar surface area (TPSA) is 49.3 Å². The van der Waals surface area contributed by atoms with Gasteiger partial charge in [0.15, 0.2) is 0 Å². The predicted molar refractivity (Wildman–Crippen MR) is 62.4 cm³/mol. The minimum Gasteiger partial charge on any atom is -0.477 e. The van der Waals surface area contributed by atoms with Crippen molar-refractivity contribution in [1.29, 1.82) is 0 Å². The molecular formula is C11H15NO2S. The highest BCUT2D eigenvalue weighted by Crippen LogP contribution is 2.15. The maximum atomic E-state index is 10.6. The van der Waals surface area contributed by atoms with Crippen LogP contribution in [0.2, 0.25) is 0 Å². The summed E-state index contributed by atoms with van der Waals surface area (Å²) in [6.07, 6.45) is 5.13. The summed E-state index contributed by atoms with van der Waals surface area (Å²) in [5.41, 5.74) is 0. The highest BCUT2D eigenvalue weighted by Gasteiger charge is 2.05. The largest absolute Gasteiger partial charge is 0.477 e. The van der Waals surface area contributed by atoms with Crippen molar-refractivity contribution in [2.24, 2.45) is 0 Å². The summed E-state index contributed by atoms with van der Waals surface area (Å²) in [6, 6.07) is 3.51. The average molecular weight is 225 g/mol. The molecule has 1 heterocycles. The molecule has 3 nitrogen and oxygen atoms in total. The van der Waals surface area contributed by atoms with Gasteiger partial charge in [-0.3, -0.25) is 0 Å². The predicted octanol–water partition coefficient (Wildman–Crippen LogP) is 2.50. The Morgan fingerprint density at radius 1 is 1.60 bits per heavy atom. The molecule has 0 fully saturated rings. The van der Waals surface area contributed by atoms with Gasteiger partial charge in [-0.05, 0) is 32.0 Å². The summed E-state index contributed by atoms with van der Waals surface area (Å²) >= 11 is 1.32. The molecule has 82 valence electrons. The van der Waals surface area contributed by atoms with E-state index >= 15 is 0 Å². The van der Waals surface area contributed by atoms with Gasteiger partial charge in [-0.25, -0.2) is 4.79 Å². The van der Waals surface area contributed by atoms with Gasteiger partial charge in [-0.1, -0.05) is 12.2 Å². The number of carboxylic acid groups (broad SMARTS) is 1. The van der Waals surface area contributed by atoms with Gasteiger partial charge < -0.3 is 10.4 Å². The average Bonchev–Trinajstić information content (AvgIpc) is 2.66. The quantitative estimate of drug-likeness (QED) is 0.577. The van der Waals surface area contributed by atoms with E-state index in [1.54, 1.807) is 6.07 Å². The molecule has 1 aromatic rings. The summed E-state index contributed by atoms with van der Waals surface area (Å²) in [5.74, 6) is -0.847. The lowest BCUT2D eigenvalue weighted by Crippen LogP contribution is -2.12. The lowest BCUT2D eigenvalue weighted by atomic mass is 10.3. The number of aromatic carboxylic acids is 1. The van der Waals surface area contributed by atoms with E-state index in [1.807, 2.05) is 19.1 Å². The van der Waals surface area contributed by atoms with Gasteiger partial charge in [0.05, 0.1) is 0 Å². The Hall–Kier alpha value is -1.13. The summed E-state index contributed by atoms with van der Waals surface area (Å²) < 4.78 is 0.